The van der Waals surface area contributed by atoms with E-state index in [9.17, 15) is 26.4 Å². The standard InChI is InChI=1S/C23H20ClF3N2O3S/c24-20-12-11-18(23(25,26)27)15-21(20)28-22(30)16-29(14-13-17-7-3-1-4-8-17)33(31,32)19-9-5-2-6-10-19/h1-12,15H,13-14,16H2,(H,28,30). The van der Waals surface area contributed by atoms with Gasteiger partial charge in [-0.15, -0.1) is 0 Å². The van der Waals surface area contributed by atoms with Crippen molar-refractivity contribution in [2.24, 2.45) is 0 Å². The van der Waals surface area contributed by atoms with Crippen LogP contribution in [0.1, 0.15) is 11.1 Å². The van der Waals surface area contributed by atoms with Crippen LogP contribution >= 0.6 is 11.6 Å². The molecule has 0 saturated carbocycles. The number of anilines is 1. The summed E-state index contributed by atoms with van der Waals surface area (Å²) in [7, 11) is -4.04. The number of carbonyl (C=O) groups is 1. The largest absolute Gasteiger partial charge is 0.416 e. The molecule has 0 aliphatic carbocycles. The fourth-order valence-corrected chi connectivity index (χ4v) is 4.65. The van der Waals surface area contributed by atoms with Gasteiger partial charge in [-0.05, 0) is 42.3 Å². The molecule has 0 aromatic heterocycles. The molecule has 0 unspecified atom stereocenters. The zero-order chi connectivity index (χ0) is 24.1. The summed E-state index contributed by atoms with van der Waals surface area (Å²) in [5, 5.41) is 2.20. The first-order valence-electron chi connectivity index (χ1n) is 9.83. The van der Waals surface area contributed by atoms with Crippen molar-refractivity contribution in [1.29, 1.82) is 0 Å². The number of sulfonamides is 1. The smallest absolute Gasteiger partial charge is 0.324 e. The zero-order valence-electron chi connectivity index (χ0n) is 17.2. The molecule has 0 atom stereocenters. The number of nitrogens with one attached hydrogen (secondary N) is 1. The molecule has 174 valence electrons. The number of benzene rings is 3. The van der Waals surface area contributed by atoms with Gasteiger partial charge in [0.15, 0.2) is 0 Å². The Morgan fingerprint density at radius 2 is 1.55 bits per heavy atom. The van der Waals surface area contributed by atoms with Crippen molar-refractivity contribution in [3.05, 3.63) is 95.0 Å². The summed E-state index contributed by atoms with van der Waals surface area (Å²) in [5.41, 5.74) is -0.372. The molecule has 0 radical (unpaired) electrons. The fraction of sp³-hybridized carbons (Fsp3) is 0.174. The molecule has 0 spiro atoms. The van der Waals surface area contributed by atoms with Crippen molar-refractivity contribution in [2.45, 2.75) is 17.5 Å². The van der Waals surface area contributed by atoms with E-state index in [0.29, 0.717) is 12.5 Å². The second-order valence-electron chi connectivity index (χ2n) is 7.13. The van der Waals surface area contributed by atoms with Crippen molar-refractivity contribution in [3.63, 3.8) is 0 Å². The van der Waals surface area contributed by atoms with Crippen molar-refractivity contribution in [2.75, 3.05) is 18.4 Å². The molecular formula is C23H20ClF3N2O3S. The number of amides is 1. The first kappa shape index (κ1) is 24.8. The molecule has 5 nitrogen and oxygen atoms in total. The highest BCUT2D eigenvalue weighted by Crippen LogP contribution is 2.33. The van der Waals surface area contributed by atoms with Gasteiger partial charge in [0.25, 0.3) is 0 Å². The summed E-state index contributed by atoms with van der Waals surface area (Å²) in [6, 6.07) is 19.2. The molecule has 0 aliphatic rings. The minimum absolute atomic E-state index is 0.00274. The molecule has 0 aliphatic heterocycles. The number of carbonyl (C=O) groups excluding carboxylic acids is 1. The van der Waals surface area contributed by atoms with Crippen LogP contribution in [0.15, 0.2) is 83.8 Å². The lowest BCUT2D eigenvalue weighted by atomic mass is 10.1. The Morgan fingerprint density at radius 1 is 0.939 bits per heavy atom. The number of halogens is 4. The van der Waals surface area contributed by atoms with Crippen LogP contribution in [0.4, 0.5) is 18.9 Å². The highest BCUT2D eigenvalue weighted by molar-refractivity contribution is 7.89. The van der Waals surface area contributed by atoms with Gasteiger partial charge >= 0.3 is 6.18 Å². The van der Waals surface area contributed by atoms with Crippen LogP contribution in [0.25, 0.3) is 0 Å². The fourth-order valence-electron chi connectivity index (χ4n) is 3.07. The second kappa shape index (κ2) is 10.4. The van der Waals surface area contributed by atoms with E-state index in [1.54, 1.807) is 18.2 Å². The third-order valence-corrected chi connectivity index (χ3v) is 6.95. The average molecular weight is 497 g/mol. The predicted molar refractivity (Wildman–Crippen MR) is 120 cm³/mol. The molecule has 0 bridgehead atoms. The molecule has 3 rings (SSSR count). The first-order valence-corrected chi connectivity index (χ1v) is 11.6. The Morgan fingerprint density at radius 3 is 2.15 bits per heavy atom. The molecule has 10 heteroatoms. The van der Waals surface area contributed by atoms with Crippen LogP contribution in [0, 0.1) is 0 Å². The quantitative estimate of drug-likeness (QED) is 0.464. The molecule has 3 aromatic carbocycles. The molecule has 0 heterocycles. The summed E-state index contributed by atoms with van der Waals surface area (Å²) in [6.45, 7) is -0.610. The Labute approximate surface area is 194 Å². The number of hydrogen-bond donors (Lipinski definition) is 1. The lowest BCUT2D eigenvalue weighted by Gasteiger charge is -2.22. The van der Waals surface area contributed by atoms with Crippen molar-refractivity contribution >= 4 is 33.2 Å². The summed E-state index contributed by atoms with van der Waals surface area (Å²) in [6.07, 6.45) is -4.28. The highest BCUT2D eigenvalue weighted by Gasteiger charge is 2.31. The van der Waals surface area contributed by atoms with Crippen LogP contribution in [-0.2, 0) is 27.4 Å². The van der Waals surface area contributed by atoms with E-state index < -0.39 is 34.2 Å². The van der Waals surface area contributed by atoms with Gasteiger partial charge in [-0.2, -0.15) is 17.5 Å². The van der Waals surface area contributed by atoms with Gasteiger partial charge < -0.3 is 5.32 Å². The minimum atomic E-state index is -4.62. The van der Waals surface area contributed by atoms with Gasteiger partial charge in [0.1, 0.15) is 0 Å². The van der Waals surface area contributed by atoms with Crippen LogP contribution in [0.5, 0.6) is 0 Å². The number of rotatable bonds is 8. The van der Waals surface area contributed by atoms with Gasteiger partial charge in [-0.3, -0.25) is 4.79 Å². The van der Waals surface area contributed by atoms with Gasteiger partial charge in [0.05, 0.1) is 27.7 Å². The maximum atomic E-state index is 13.2. The van der Waals surface area contributed by atoms with Crippen LogP contribution in [0.2, 0.25) is 5.02 Å². The molecule has 1 amide bonds. The monoisotopic (exact) mass is 496 g/mol. The summed E-state index contributed by atoms with van der Waals surface area (Å²) < 4.78 is 66.4. The topological polar surface area (TPSA) is 66.5 Å². The lowest BCUT2D eigenvalue weighted by Crippen LogP contribution is -2.39. The molecule has 33 heavy (non-hydrogen) atoms. The van der Waals surface area contributed by atoms with E-state index in [1.807, 2.05) is 30.3 Å². The number of alkyl halides is 3. The predicted octanol–water partition coefficient (Wildman–Crippen LogP) is 5.23. The van der Waals surface area contributed by atoms with E-state index >= 15 is 0 Å². The van der Waals surface area contributed by atoms with Crippen LogP contribution < -0.4 is 5.32 Å². The maximum Gasteiger partial charge on any atom is 0.416 e. The summed E-state index contributed by atoms with van der Waals surface area (Å²) in [4.78, 5) is 12.7. The van der Waals surface area contributed by atoms with E-state index in [0.717, 1.165) is 22.0 Å². The third kappa shape index (κ3) is 6.56. The zero-order valence-corrected chi connectivity index (χ0v) is 18.8. The van der Waals surface area contributed by atoms with Gasteiger partial charge in [-0.1, -0.05) is 60.1 Å². The molecule has 3 aromatic rings. The maximum absolute atomic E-state index is 13.2. The summed E-state index contributed by atoms with van der Waals surface area (Å²) >= 11 is 5.94. The summed E-state index contributed by atoms with van der Waals surface area (Å²) in [5.74, 6) is -0.816. The Kier molecular flexibility index (Phi) is 7.78. The highest BCUT2D eigenvalue weighted by atomic mass is 35.5. The Bertz CT molecular complexity index is 1200. The van der Waals surface area contributed by atoms with E-state index in [-0.39, 0.29) is 22.2 Å². The van der Waals surface area contributed by atoms with Crippen molar-refractivity contribution in [3.8, 4) is 0 Å². The first-order chi connectivity index (χ1) is 15.6. The van der Waals surface area contributed by atoms with E-state index in [1.165, 1.54) is 12.1 Å². The SMILES string of the molecule is O=C(CN(CCc1ccccc1)S(=O)(=O)c1ccccc1)Nc1cc(C(F)(F)F)ccc1Cl. The van der Waals surface area contributed by atoms with Crippen LogP contribution in [0.3, 0.4) is 0 Å². The number of hydrogen-bond acceptors (Lipinski definition) is 3. The van der Waals surface area contributed by atoms with Crippen molar-refractivity contribution in [1.82, 2.24) is 4.31 Å². The minimum Gasteiger partial charge on any atom is -0.324 e. The lowest BCUT2D eigenvalue weighted by molar-refractivity contribution is -0.137. The van der Waals surface area contributed by atoms with Gasteiger partial charge in [0.2, 0.25) is 15.9 Å². The normalized spacial score (nSPS) is 12.0. The van der Waals surface area contributed by atoms with Gasteiger partial charge in [-0.25, -0.2) is 8.42 Å². The molecule has 0 fully saturated rings. The average Bonchev–Trinajstić information content (AvgIpc) is 2.78. The van der Waals surface area contributed by atoms with E-state index in [2.05, 4.69) is 5.32 Å². The molecule has 1 N–H and O–H groups in total. The van der Waals surface area contributed by atoms with Crippen molar-refractivity contribution < 1.29 is 26.4 Å². The number of nitrogens with zero attached hydrogens (tertiary/aromatic N) is 1. The van der Waals surface area contributed by atoms with E-state index in [4.69, 9.17) is 11.6 Å². The molecular weight excluding hydrogens is 477 g/mol. The Balaban J connectivity index is 1.83. The van der Waals surface area contributed by atoms with Gasteiger partial charge in [0, 0.05) is 6.54 Å². The van der Waals surface area contributed by atoms with Crippen LogP contribution in [-0.4, -0.2) is 31.7 Å². The Hall–Kier alpha value is -2.88. The third-order valence-electron chi connectivity index (χ3n) is 4.76. The molecule has 0 saturated heterocycles. The second-order valence-corrected chi connectivity index (χ2v) is 9.47.